The standard InChI is InChI=1S/C17H21FN2/c1-2-20(17-9-7-16(18)8-10-17)12-11-14-5-3-4-6-15(14)13-19/h3-10H,2,11-13,19H2,1H3. The van der Waals surface area contributed by atoms with Crippen LogP contribution in [0, 0.1) is 5.82 Å². The zero-order valence-corrected chi connectivity index (χ0v) is 11.8. The second-order valence-corrected chi connectivity index (χ2v) is 4.78. The molecule has 0 atom stereocenters. The minimum Gasteiger partial charge on any atom is -0.371 e. The van der Waals surface area contributed by atoms with Crippen molar-refractivity contribution >= 4 is 5.69 Å². The highest BCUT2D eigenvalue weighted by molar-refractivity contribution is 5.46. The van der Waals surface area contributed by atoms with Gasteiger partial charge in [-0.05, 0) is 48.7 Å². The maximum atomic E-state index is 13.0. The molecule has 2 aromatic rings. The van der Waals surface area contributed by atoms with Crippen LogP contribution in [0.25, 0.3) is 0 Å². The van der Waals surface area contributed by atoms with Crippen molar-refractivity contribution in [2.24, 2.45) is 5.73 Å². The molecule has 106 valence electrons. The molecule has 0 spiro atoms. The van der Waals surface area contributed by atoms with Crippen LogP contribution in [0.4, 0.5) is 10.1 Å². The van der Waals surface area contributed by atoms with Crippen LogP contribution in [-0.2, 0) is 13.0 Å². The van der Waals surface area contributed by atoms with Gasteiger partial charge >= 0.3 is 0 Å². The van der Waals surface area contributed by atoms with E-state index >= 15 is 0 Å². The summed E-state index contributed by atoms with van der Waals surface area (Å²) in [5, 5.41) is 0. The summed E-state index contributed by atoms with van der Waals surface area (Å²) in [4.78, 5) is 2.24. The number of nitrogens with two attached hydrogens (primary N) is 1. The Hall–Kier alpha value is -1.87. The van der Waals surface area contributed by atoms with Gasteiger partial charge in [-0.25, -0.2) is 4.39 Å². The molecular formula is C17H21FN2. The van der Waals surface area contributed by atoms with Gasteiger partial charge in [0.2, 0.25) is 0 Å². The zero-order valence-electron chi connectivity index (χ0n) is 11.8. The zero-order chi connectivity index (χ0) is 14.4. The van der Waals surface area contributed by atoms with Gasteiger partial charge in [-0.2, -0.15) is 0 Å². The van der Waals surface area contributed by atoms with Gasteiger partial charge in [0.05, 0.1) is 0 Å². The van der Waals surface area contributed by atoms with Crippen molar-refractivity contribution in [1.29, 1.82) is 0 Å². The van der Waals surface area contributed by atoms with E-state index in [0.29, 0.717) is 6.54 Å². The Morgan fingerprint density at radius 2 is 1.65 bits per heavy atom. The summed E-state index contributed by atoms with van der Waals surface area (Å²) in [6, 6.07) is 14.9. The first-order valence-corrected chi connectivity index (χ1v) is 7.02. The molecule has 3 heteroatoms. The van der Waals surface area contributed by atoms with Crippen LogP contribution in [0.15, 0.2) is 48.5 Å². The van der Waals surface area contributed by atoms with Crippen molar-refractivity contribution in [2.75, 3.05) is 18.0 Å². The number of anilines is 1. The van der Waals surface area contributed by atoms with Crippen LogP contribution in [0.3, 0.4) is 0 Å². The maximum Gasteiger partial charge on any atom is 0.123 e. The molecule has 2 nitrogen and oxygen atoms in total. The third kappa shape index (κ3) is 3.58. The molecule has 0 radical (unpaired) electrons. The molecule has 0 aliphatic rings. The minimum atomic E-state index is -0.196. The van der Waals surface area contributed by atoms with E-state index in [0.717, 1.165) is 25.2 Å². The lowest BCUT2D eigenvalue weighted by Crippen LogP contribution is -2.25. The highest BCUT2D eigenvalue weighted by Gasteiger charge is 2.06. The molecule has 2 rings (SSSR count). The normalized spacial score (nSPS) is 10.6. The van der Waals surface area contributed by atoms with E-state index in [4.69, 9.17) is 5.73 Å². The molecule has 2 aromatic carbocycles. The third-order valence-corrected chi connectivity index (χ3v) is 3.56. The van der Waals surface area contributed by atoms with Crippen LogP contribution in [0.5, 0.6) is 0 Å². The quantitative estimate of drug-likeness (QED) is 0.873. The molecule has 0 aliphatic heterocycles. The summed E-state index contributed by atoms with van der Waals surface area (Å²) in [5.74, 6) is -0.196. The number of nitrogens with zero attached hydrogens (tertiary/aromatic N) is 1. The van der Waals surface area contributed by atoms with E-state index in [9.17, 15) is 4.39 Å². The first-order valence-electron chi connectivity index (χ1n) is 7.02. The fourth-order valence-electron chi connectivity index (χ4n) is 2.38. The van der Waals surface area contributed by atoms with E-state index in [2.05, 4.69) is 24.0 Å². The van der Waals surface area contributed by atoms with Crippen molar-refractivity contribution in [3.8, 4) is 0 Å². The van der Waals surface area contributed by atoms with Gasteiger partial charge in [-0.1, -0.05) is 24.3 Å². The van der Waals surface area contributed by atoms with Gasteiger partial charge in [0.25, 0.3) is 0 Å². The van der Waals surface area contributed by atoms with Crippen LogP contribution < -0.4 is 10.6 Å². The van der Waals surface area contributed by atoms with Gasteiger partial charge in [0.15, 0.2) is 0 Å². The van der Waals surface area contributed by atoms with Crippen LogP contribution in [-0.4, -0.2) is 13.1 Å². The number of hydrogen-bond donors (Lipinski definition) is 1. The molecule has 0 bridgehead atoms. The lowest BCUT2D eigenvalue weighted by molar-refractivity contribution is 0.627. The smallest absolute Gasteiger partial charge is 0.123 e. The molecule has 2 N–H and O–H groups in total. The second kappa shape index (κ2) is 7.06. The molecule has 0 amide bonds. The second-order valence-electron chi connectivity index (χ2n) is 4.78. The van der Waals surface area contributed by atoms with Gasteiger partial charge in [-0.15, -0.1) is 0 Å². The van der Waals surface area contributed by atoms with E-state index in [-0.39, 0.29) is 5.82 Å². The molecule has 0 saturated carbocycles. The summed E-state index contributed by atoms with van der Waals surface area (Å²) in [6.07, 6.45) is 0.943. The number of halogens is 1. The molecule has 0 fully saturated rings. The number of rotatable bonds is 6. The maximum absolute atomic E-state index is 13.0. The lowest BCUT2D eigenvalue weighted by atomic mass is 10.0. The molecule has 0 aromatic heterocycles. The Morgan fingerprint density at radius 1 is 1.00 bits per heavy atom. The average Bonchev–Trinajstić information content (AvgIpc) is 2.50. The van der Waals surface area contributed by atoms with Crippen molar-refractivity contribution in [3.63, 3.8) is 0 Å². The van der Waals surface area contributed by atoms with Gasteiger partial charge in [-0.3, -0.25) is 0 Å². The molecule has 0 unspecified atom stereocenters. The van der Waals surface area contributed by atoms with Crippen molar-refractivity contribution < 1.29 is 4.39 Å². The Labute approximate surface area is 120 Å². The summed E-state index contributed by atoms with van der Waals surface area (Å²) in [7, 11) is 0. The molecule has 0 saturated heterocycles. The summed E-state index contributed by atoms with van der Waals surface area (Å²) in [5.41, 5.74) is 9.30. The largest absolute Gasteiger partial charge is 0.371 e. The van der Waals surface area contributed by atoms with Crippen molar-refractivity contribution in [2.45, 2.75) is 19.9 Å². The van der Waals surface area contributed by atoms with Gasteiger partial charge < -0.3 is 10.6 Å². The van der Waals surface area contributed by atoms with Crippen molar-refractivity contribution in [1.82, 2.24) is 0 Å². The summed E-state index contributed by atoms with van der Waals surface area (Å²) < 4.78 is 13.0. The van der Waals surface area contributed by atoms with E-state index in [1.165, 1.54) is 23.3 Å². The first-order chi connectivity index (χ1) is 9.74. The number of likely N-dealkylation sites (N-methyl/N-ethyl adjacent to an activating group) is 1. The Bertz CT molecular complexity index is 537. The number of hydrogen-bond acceptors (Lipinski definition) is 2. The Balaban J connectivity index is 2.05. The van der Waals surface area contributed by atoms with Crippen LogP contribution in [0.2, 0.25) is 0 Å². The first kappa shape index (κ1) is 14.5. The minimum absolute atomic E-state index is 0.196. The fourth-order valence-corrected chi connectivity index (χ4v) is 2.38. The predicted molar refractivity (Wildman–Crippen MR) is 82.3 cm³/mol. The Morgan fingerprint density at radius 3 is 2.25 bits per heavy atom. The van der Waals surface area contributed by atoms with E-state index in [1.54, 1.807) is 0 Å². The van der Waals surface area contributed by atoms with Crippen LogP contribution in [0.1, 0.15) is 18.1 Å². The topological polar surface area (TPSA) is 29.3 Å². The van der Waals surface area contributed by atoms with Gasteiger partial charge in [0, 0.05) is 25.3 Å². The summed E-state index contributed by atoms with van der Waals surface area (Å²) >= 11 is 0. The Kier molecular flexibility index (Phi) is 5.13. The third-order valence-electron chi connectivity index (χ3n) is 3.56. The molecule has 0 heterocycles. The molecule has 20 heavy (non-hydrogen) atoms. The fraction of sp³-hybridized carbons (Fsp3) is 0.294. The van der Waals surface area contributed by atoms with Crippen molar-refractivity contribution in [3.05, 3.63) is 65.5 Å². The predicted octanol–water partition coefficient (Wildman–Crippen LogP) is 3.35. The van der Waals surface area contributed by atoms with E-state index in [1.807, 2.05) is 24.3 Å². The number of benzene rings is 2. The highest BCUT2D eigenvalue weighted by Crippen LogP contribution is 2.16. The lowest BCUT2D eigenvalue weighted by Gasteiger charge is -2.23. The average molecular weight is 272 g/mol. The molecule has 0 aliphatic carbocycles. The van der Waals surface area contributed by atoms with E-state index < -0.39 is 0 Å². The van der Waals surface area contributed by atoms with Crippen LogP contribution >= 0.6 is 0 Å². The summed E-state index contributed by atoms with van der Waals surface area (Å²) in [6.45, 7) is 4.48. The SMILES string of the molecule is CCN(CCc1ccccc1CN)c1ccc(F)cc1. The monoisotopic (exact) mass is 272 g/mol. The molecular weight excluding hydrogens is 251 g/mol. The van der Waals surface area contributed by atoms with Gasteiger partial charge in [0.1, 0.15) is 5.82 Å². The highest BCUT2D eigenvalue weighted by atomic mass is 19.1.